The van der Waals surface area contributed by atoms with Crippen LogP contribution >= 0.6 is 0 Å². The number of nitrogens with zero attached hydrogens (tertiary/aromatic N) is 3. The zero-order valence-electron chi connectivity index (χ0n) is 12.5. The molecule has 0 atom stereocenters. The van der Waals surface area contributed by atoms with Gasteiger partial charge >= 0.3 is 5.69 Å². The van der Waals surface area contributed by atoms with Gasteiger partial charge in [0.1, 0.15) is 5.82 Å². The summed E-state index contributed by atoms with van der Waals surface area (Å²) < 4.78 is 7.08. The number of hydrogen-bond donors (Lipinski definition) is 0. The molecule has 112 valence electrons. The number of imidazole rings is 1. The fraction of sp³-hybridized carbons (Fsp3) is 0.188. The third kappa shape index (κ3) is 2.09. The predicted molar refractivity (Wildman–Crippen MR) is 84.1 cm³/mol. The normalized spacial score (nSPS) is 10.9. The highest BCUT2D eigenvalue weighted by molar-refractivity contribution is 5.81. The van der Waals surface area contributed by atoms with Gasteiger partial charge in [0.05, 0.1) is 23.1 Å². The van der Waals surface area contributed by atoms with Crippen molar-refractivity contribution < 1.29 is 9.66 Å². The Balaban J connectivity index is 2.27. The summed E-state index contributed by atoms with van der Waals surface area (Å²) in [6.45, 7) is 1.79. The molecular formula is C16H15N3O3. The first-order chi connectivity index (χ1) is 10.5. The maximum absolute atomic E-state index is 11.3. The maximum atomic E-state index is 11.3. The number of ether oxygens (including phenoxy) is 1. The van der Waals surface area contributed by atoms with Crippen LogP contribution in [-0.2, 0) is 7.05 Å². The first kappa shape index (κ1) is 14.1. The molecule has 0 unspecified atom stereocenters. The van der Waals surface area contributed by atoms with E-state index in [0.29, 0.717) is 17.0 Å². The van der Waals surface area contributed by atoms with E-state index in [1.54, 1.807) is 6.92 Å². The van der Waals surface area contributed by atoms with Crippen LogP contribution in [0.4, 0.5) is 5.69 Å². The molecule has 0 N–H and O–H groups in total. The van der Waals surface area contributed by atoms with Gasteiger partial charge in [-0.15, -0.1) is 0 Å². The summed E-state index contributed by atoms with van der Waals surface area (Å²) in [7, 11) is 3.33. The van der Waals surface area contributed by atoms with Crippen LogP contribution in [0.1, 0.15) is 5.56 Å². The van der Waals surface area contributed by atoms with Crippen LogP contribution in [-0.4, -0.2) is 21.6 Å². The Morgan fingerprint density at radius 3 is 2.64 bits per heavy atom. The molecule has 22 heavy (non-hydrogen) atoms. The van der Waals surface area contributed by atoms with Crippen LogP contribution < -0.4 is 4.74 Å². The third-order valence-corrected chi connectivity index (χ3v) is 3.70. The molecule has 0 fully saturated rings. The lowest BCUT2D eigenvalue weighted by atomic mass is 10.1. The summed E-state index contributed by atoms with van der Waals surface area (Å²) in [6, 6.07) is 11.1. The van der Waals surface area contributed by atoms with E-state index in [0.717, 1.165) is 11.0 Å². The van der Waals surface area contributed by atoms with E-state index in [9.17, 15) is 10.1 Å². The number of nitro benzene ring substituents is 1. The first-order valence-corrected chi connectivity index (χ1v) is 6.77. The molecule has 3 rings (SSSR count). The summed E-state index contributed by atoms with van der Waals surface area (Å²) in [5, 5.41) is 11.3. The Morgan fingerprint density at radius 1 is 1.27 bits per heavy atom. The minimum absolute atomic E-state index is 0.0513. The van der Waals surface area contributed by atoms with E-state index < -0.39 is 4.92 Å². The minimum atomic E-state index is -0.433. The Hall–Kier alpha value is -2.89. The van der Waals surface area contributed by atoms with E-state index in [1.807, 2.05) is 41.9 Å². The number of rotatable bonds is 3. The third-order valence-electron chi connectivity index (χ3n) is 3.70. The number of aryl methyl sites for hydroxylation is 2. The molecule has 0 radical (unpaired) electrons. The van der Waals surface area contributed by atoms with Gasteiger partial charge in [0.2, 0.25) is 0 Å². The second-order valence-electron chi connectivity index (χ2n) is 5.09. The molecule has 0 aliphatic heterocycles. The second-order valence-corrected chi connectivity index (χ2v) is 5.09. The SMILES string of the molecule is COc1c(C)cc(-c2nc3ccccc3n2C)cc1[N+](=O)[O-]. The average Bonchev–Trinajstić information content (AvgIpc) is 2.84. The van der Waals surface area contributed by atoms with Crippen molar-refractivity contribution in [2.24, 2.45) is 7.05 Å². The Kier molecular flexibility index (Phi) is 3.29. The highest BCUT2D eigenvalue weighted by Crippen LogP contribution is 2.36. The molecule has 3 aromatic rings. The molecule has 6 nitrogen and oxygen atoms in total. The fourth-order valence-corrected chi connectivity index (χ4v) is 2.69. The number of fused-ring (bicyclic) bond motifs is 1. The lowest BCUT2D eigenvalue weighted by molar-refractivity contribution is -0.385. The molecule has 1 heterocycles. The summed E-state index contributed by atoms with van der Waals surface area (Å²) in [6.07, 6.45) is 0. The van der Waals surface area contributed by atoms with Gasteiger partial charge < -0.3 is 9.30 Å². The van der Waals surface area contributed by atoms with E-state index in [4.69, 9.17) is 4.74 Å². The highest BCUT2D eigenvalue weighted by atomic mass is 16.6. The van der Waals surface area contributed by atoms with Crippen LogP contribution in [0.2, 0.25) is 0 Å². The molecule has 2 aromatic carbocycles. The van der Waals surface area contributed by atoms with Gasteiger partial charge in [-0.1, -0.05) is 12.1 Å². The standard InChI is InChI=1S/C16H15N3O3/c1-10-8-11(9-14(19(20)21)15(10)22-3)16-17-12-6-4-5-7-13(12)18(16)2/h4-9H,1-3H3. The smallest absolute Gasteiger partial charge is 0.311 e. The molecule has 0 aliphatic carbocycles. The number of methoxy groups -OCH3 is 1. The number of para-hydroxylation sites is 2. The van der Waals surface area contributed by atoms with Crippen molar-refractivity contribution in [1.82, 2.24) is 9.55 Å². The number of nitro groups is 1. The predicted octanol–water partition coefficient (Wildman–Crippen LogP) is 3.47. The van der Waals surface area contributed by atoms with Crippen molar-refractivity contribution in [3.05, 3.63) is 52.1 Å². The van der Waals surface area contributed by atoms with Crippen LogP contribution in [0.25, 0.3) is 22.4 Å². The van der Waals surface area contributed by atoms with E-state index in [-0.39, 0.29) is 11.4 Å². The largest absolute Gasteiger partial charge is 0.490 e. The second kappa shape index (κ2) is 5.14. The van der Waals surface area contributed by atoms with E-state index in [1.165, 1.54) is 13.2 Å². The molecule has 0 spiro atoms. The Bertz CT molecular complexity index is 884. The van der Waals surface area contributed by atoms with Gasteiger partial charge in [-0.3, -0.25) is 10.1 Å². The van der Waals surface area contributed by atoms with Gasteiger partial charge in [0.15, 0.2) is 5.75 Å². The van der Waals surface area contributed by atoms with Gasteiger partial charge in [0, 0.05) is 18.7 Å². The van der Waals surface area contributed by atoms with E-state index in [2.05, 4.69) is 4.98 Å². The van der Waals surface area contributed by atoms with Crippen molar-refractivity contribution in [2.75, 3.05) is 7.11 Å². The average molecular weight is 297 g/mol. The van der Waals surface area contributed by atoms with Crippen molar-refractivity contribution in [1.29, 1.82) is 0 Å². The molecule has 0 saturated heterocycles. The summed E-state index contributed by atoms with van der Waals surface area (Å²) in [4.78, 5) is 15.4. The zero-order valence-corrected chi connectivity index (χ0v) is 12.5. The van der Waals surface area contributed by atoms with Gasteiger partial charge in [-0.2, -0.15) is 0 Å². The molecule has 0 amide bonds. The molecule has 0 aliphatic rings. The summed E-state index contributed by atoms with van der Waals surface area (Å²) in [5.41, 5.74) is 3.19. The molecule has 0 saturated carbocycles. The van der Waals surface area contributed by atoms with Crippen molar-refractivity contribution in [2.45, 2.75) is 6.92 Å². The topological polar surface area (TPSA) is 70.2 Å². The van der Waals surface area contributed by atoms with Gasteiger partial charge in [-0.25, -0.2) is 4.98 Å². The maximum Gasteiger partial charge on any atom is 0.311 e. The highest BCUT2D eigenvalue weighted by Gasteiger charge is 2.21. The van der Waals surface area contributed by atoms with Gasteiger partial charge in [-0.05, 0) is 30.7 Å². The van der Waals surface area contributed by atoms with Crippen LogP contribution in [0.15, 0.2) is 36.4 Å². The zero-order chi connectivity index (χ0) is 15.9. The fourth-order valence-electron chi connectivity index (χ4n) is 2.69. The van der Waals surface area contributed by atoms with Crippen LogP contribution in [0, 0.1) is 17.0 Å². The van der Waals surface area contributed by atoms with Crippen molar-refractivity contribution in [3.8, 4) is 17.1 Å². The van der Waals surface area contributed by atoms with E-state index >= 15 is 0 Å². The van der Waals surface area contributed by atoms with Crippen LogP contribution in [0.5, 0.6) is 5.75 Å². The number of benzene rings is 2. The lowest BCUT2D eigenvalue weighted by Crippen LogP contribution is -1.99. The van der Waals surface area contributed by atoms with Crippen molar-refractivity contribution in [3.63, 3.8) is 0 Å². The minimum Gasteiger partial charge on any atom is -0.490 e. The molecule has 1 aromatic heterocycles. The number of aromatic nitrogens is 2. The van der Waals surface area contributed by atoms with Gasteiger partial charge in [0.25, 0.3) is 0 Å². The monoisotopic (exact) mass is 297 g/mol. The summed E-state index contributed by atoms with van der Waals surface area (Å²) >= 11 is 0. The number of hydrogen-bond acceptors (Lipinski definition) is 4. The molecular weight excluding hydrogens is 282 g/mol. The molecule has 0 bridgehead atoms. The van der Waals surface area contributed by atoms with Crippen LogP contribution in [0.3, 0.4) is 0 Å². The first-order valence-electron chi connectivity index (χ1n) is 6.77. The molecule has 6 heteroatoms. The van der Waals surface area contributed by atoms with Crippen molar-refractivity contribution >= 4 is 16.7 Å². The Morgan fingerprint density at radius 2 is 2.00 bits per heavy atom. The Labute approximate surface area is 127 Å². The summed E-state index contributed by atoms with van der Waals surface area (Å²) in [5.74, 6) is 0.975. The lowest BCUT2D eigenvalue weighted by Gasteiger charge is -2.09. The quantitative estimate of drug-likeness (QED) is 0.548.